The van der Waals surface area contributed by atoms with Crippen LogP contribution in [0.1, 0.15) is 31.5 Å². The van der Waals surface area contributed by atoms with E-state index in [-0.39, 0.29) is 29.4 Å². The lowest BCUT2D eigenvalue weighted by molar-refractivity contribution is 0.380. The highest BCUT2D eigenvalue weighted by Crippen LogP contribution is 2.25. The number of nitrogens with two attached hydrogens (primary N) is 1. The van der Waals surface area contributed by atoms with Crippen molar-refractivity contribution in [3.63, 3.8) is 0 Å². The van der Waals surface area contributed by atoms with Gasteiger partial charge in [0.05, 0.1) is 17.2 Å². The number of hydrogen-bond acceptors (Lipinski definition) is 6. The van der Waals surface area contributed by atoms with Crippen LogP contribution in [-0.4, -0.2) is 47.0 Å². The Labute approximate surface area is 174 Å². The summed E-state index contributed by atoms with van der Waals surface area (Å²) < 4.78 is 0. The Balaban J connectivity index is 0.00000225. The van der Waals surface area contributed by atoms with Crippen molar-refractivity contribution in [2.45, 2.75) is 32.7 Å². The minimum absolute atomic E-state index is 0. The van der Waals surface area contributed by atoms with Gasteiger partial charge < -0.3 is 15.5 Å². The Hall–Kier alpha value is -0.940. The van der Waals surface area contributed by atoms with E-state index in [1.165, 1.54) is 0 Å². The zero-order valence-corrected chi connectivity index (χ0v) is 18.8. The molecule has 6 nitrogen and oxygen atoms in total. The molecule has 1 aliphatic heterocycles. The van der Waals surface area contributed by atoms with Gasteiger partial charge in [0, 0.05) is 48.6 Å². The molecular formula is C16H25IN6S2. The van der Waals surface area contributed by atoms with E-state index in [2.05, 4.69) is 50.9 Å². The summed E-state index contributed by atoms with van der Waals surface area (Å²) in [5, 5.41) is 6.32. The highest BCUT2D eigenvalue weighted by Gasteiger charge is 2.20. The number of anilines is 1. The first-order valence-electron chi connectivity index (χ1n) is 8.07. The fraction of sp³-hybridized carbons (Fsp3) is 0.562. The summed E-state index contributed by atoms with van der Waals surface area (Å²) in [6.07, 6.45) is 1.85. The zero-order chi connectivity index (χ0) is 17.2. The van der Waals surface area contributed by atoms with Crippen LogP contribution in [0.3, 0.4) is 0 Å². The van der Waals surface area contributed by atoms with Gasteiger partial charge in [0.15, 0.2) is 11.1 Å². The standard InChI is InChI=1S/C16H24N6S2.HI/c1-16(2,3)13-20-12(11-24-13)10-19-14(17)21-5-7-22(8-6-21)15-18-4-9-23-15;/h4,9,11H,5-8,10H2,1-3H3,(H2,17,19);1H. The molecule has 0 radical (unpaired) electrons. The molecule has 25 heavy (non-hydrogen) atoms. The summed E-state index contributed by atoms with van der Waals surface area (Å²) in [6.45, 7) is 10.7. The molecule has 0 unspecified atom stereocenters. The van der Waals surface area contributed by atoms with Crippen LogP contribution in [0.25, 0.3) is 0 Å². The fourth-order valence-electron chi connectivity index (χ4n) is 2.49. The number of halogens is 1. The Morgan fingerprint density at radius 1 is 1.24 bits per heavy atom. The monoisotopic (exact) mass is 492 g/mol. The molecule has 2 N–H and O–H groups in total. The number of aromatic nitrogens is 2. The molecule has 1 aliphatic rings. The van der Waals surface area contributed by atoms with Crippen molar-refractivity contribution in [3.8, 4) is 0 Å². The van der Waals surface area contributed by atoms with E-state index in [0.717, 1.165) is 42.0 Å². The van der Waals surface area contributed by atoms with Crippen molar-refractivity contribution in [2.75, 3.05) is 31.1 Å². The Morgan fingerprint density at radius 2 is 1.96 bits per heavy atom. The molecule has 2 aromatic heterocycles. The third kappa shape index (κ3) is 5.27. The van der Waals surface area contributed by atoms with Gasteiger partial charge in [0.2, 0.25) is 0 Å². The van der Waals surface area contributed by atoms with Gasteiger partial charge in [-0.05, 0) is 0 Å². The molecule has 0 aromatic carbocycles. The van der Waals surface area contributed by atoms with Gasteiger partial charge in [-0.2, -0.15) is 0 Å². The molecule has 9 heteroatoms. The van der Waals surface area contributed by atoms with Crippen molar-refractivity contribution < 1.29 is 0 Å². The maximum absolute atomic E-state index is 6.17. The number of hydrogen-bond donors (Lipinski definition) is 1. The topological polar surface area (TPSA) is 70.6 Å². The summed E-state index contributed by atoms with van der Waals surface area (Å²) in [6, 6.07) is 0. The van der Waals surface area contributed by atoms with Gasteiger partial charge in [-0.15, -0.1) is 46.7 Å². The number of piperazine rings is 1. The number of thiazole rings is 2. The predicted molar refractivity (Wildman–Crippen MR) is 117 cm³/mol. The number of aliphatic imine (C=N–C) groups is 1. The van der Waals surface area contributed by atoms with Crippen LogP contribution in [0.5, 0.6) is 0 Å². The van der Waals surface area contributed by atoms with E-state index in [9.17, 15) is 0 Å². The van der Waals surface area contributed by atoms with Crippen molar-refractivity contribution in [2.24, 2.45) is 10.7 Å². The average molecular weight is 492 g/mol. The largest absolute Gasteiger partial charge is 0.370 e. The molecule has 2 aromatic rings. The Morgan fingerprint density at radius 3 is 2.52 bits per heavy atom. The summed E-state index contributed by atoms with van der Waals surface area (Å²) in [4.78, 5) is 18.0. The van der Waals surface area contributed by atoms with Crippen molar-refractivity contribution >= 4 is 57.7 Å². The molecule has 0 atom stereocenters. The first-order chi connectivity index (χ1) is 11.4. The fourth-order valence-corrected chi connectivity index (χ4v) is 4.08. The van der Waals surface area contributed by atoms with Crippen molar-refractivity contribution in [3.05, 3.63) is 27.7 Å². The van der Waals surface area contributed by atoms with E-state index in [4.69, 9.17) is 5.73 Å². The summed E-state index contributed by atoms with van der Waals surface area (Å²) in [7, 11) is 0. The molecule has 1 fully saturated rings. The van der Waals surface area contributed by atoms with Gasteiger partial charge in [-0.25, -0.2) is 15.0 Å². The quantitative estimate of drug-likeness (QED) is 0.405. The van der Waals surface area contributed by atoms with Crippen LogP contribution >= 0.6 is 46.7 Å². The van der Waals surface area contributed by atoms with Gasteiger partial charge in [0.25, 0.3) is 0 Å². The third-order valence-electron chi connectivity index (χ3n) is 3.89. The first kappa shape index (κ1) is 20.4. The minimum atomic E-state index is 0. The number of nitrogens with zero attached hydrogens (tertiary/aromatic N) is 5. The molecule has 1 saturated heterocycles. The van der Waals surface area contributed by atoms with Gasteiger partial charge in [0.1, 0.15) is 0 Å². The molecule has 0 amide bonds. The van der Waals surface area contributed by atoms with E-state index in [0.29, 0.717) is 12.5 Å². The van der Waals surface area contributed by atoms with E-state index < -0.39 is 0 Å². The SMILES string of the molecule is CC(C)(C)c1nc(CN=C(N)N2CCN(c3nccs3)CC2)cs1.I. The van der Waals surface area contributed by atoms with Crippen LogP contribution in [-0.2, 0) is 12.0 Å². The Kier molecular flexibility index (Phi) is 7.03. The van der Waals surface area contributed by atoms with Gasteiger partial charge >= 0.3 is 0 Å². The lowest BCUT2D eigenvalue weighted by atomic mass is 9.98. The summed E-state index contributed by atoms with van der Waals surface area (Å²) >= 11 is 3.37. The van der Waals surface area contributed by atoms with E-state index >= 15 is 0 Å². The van der Waals surface area contributed by atoms with Crippen molar-refractivity contribution in [1.82, 2.24) is 14.9 Å². The normalized spacial score (nSPS) is 16.0. The molecule has 3 rings (SSSR count). The van der Waals surface area contributed by atoms with Crippen LogP contribution in [0.15, 0.2) is 21.9 Å². The molecule has 0 aliphatic carbocycles. The summed E-state index contributed by atoms with van der Waals surface area (Å²) in [5.41, 5.74) is 7.26. The van der Waals surface area contributed by atoms with E-state index in [1.807, 2.05) is 11.6 Å². The van der Waals surface area contributed by atoms with Crippen LogP contribution in [0.4, 0.5) is 5.13 Å². The second-order valence-corrected chi connectivity index (χ2v) is 8.59. The maximum Gasteiger partial charge on any atom is 0.191 e. The molecule has 0 bridgehead atoms. The first-order valence-corrected chi connectivity index (χ1v) is 9.83. The highest BCUT2D eigenvalue weighted by molar-refractivity contribution is 14.0. The smallest absolute Gasteiger partial charge is 0.191 e. The second kappa shape index (κ2) is 8.63. The summed E-state index contributed by atoms with van der Waals surface area (Å²) in [5.74, 6) is 0.610. The molecule has 3 heterocycles. The molecular weight excluding hydrogens is 467 g/mol. The number of rotatable bonds is 3. The molecule has 0 spiro atoms. The highest BCUT2D eigenvalue weighted by atomic mass is 127. The van der Waals surface area contributed by atoms with Crippen LogP contribution < -0.4 is 10.6 Å². The minimum Gasteiger partial charge on any atom is -0.370 e. The molecule has 138 valence electrons. The second-order valence-electron chi connectivity index (χ2n) is 6.86. The number of guanidine groups is 1. The lowest BCUT2D eigenvalue weighted by Gasteiger charge is -2.35. The maximum atomic E-state index is 6.17. The van der Waals surface area contributed by atoms with Gasteiger partial charge in [-0.1, -0.05) is 20.8 Å². The van der Waals surface area contributed by atoms with Gasteiger partial charge in [-0.3, -0.25) is 0 Å². The zero-order valence-electron chi connectivity index (χ0n) is 14.8. The van der Waals surface area contributed by atoms with E-state index in [1.54, 1.807) is 22.7 Å². The lowest BCUT2D eigenvalue weighted by Crippen LogP contribution is -2.51. The Bertz CT molecular complexity index is 684. The average Bonchev–Trinajstić information content (AvgIpc) is 3.23. The van der Waals surface area contributed by atoms with Crippen molar-refractivity contribution in [1.29, 1.82) is 0 Å². The third-order valence-corrected chi connectivity index (χ3v) is 6.04. The van der Waals surface area contributed by atoms with Crippen LogP contribution in [0.2, 0.25) is 0 Å². The predicted octanol–water partition coefficient (Wildman–Crippen LogP) is 3.15. The van der Waals surface area contributed by atoms with Crippen LogP contribution in [0, 0.1) is 0 Å². The molecule has 0 saturated carbocycles.